The Balaban J connectivity index is 2.28. The zero-order chi connectivity index (χ0) is 14.7. The normalized spacial score (nSPS) is 12.1. The molecule has 2 aromatic rings. The first-order chi connectivity index (χ1) is 9.52. The summed E-state index contributed by atoms with van der Waals surface area (Å²) >= 11 is 9.38. The second-order valence-corrected chi connectivity index (χ2v) is 5.61. The number of ether oxygens (including phenoxy) is 1. The van der Waals surface area contributed by atoms with Crippen LogP contribution in [0.3, 0.4) is 0 Å². The molecular formula is C15H14BrClFNO. The third-order valence-electron chi connectivity index (χ3n) is 2.97. The maximum absolute atomic E-state index is 14.0. The fraction of sp³-hybridized carbons (Fsp3) is 0.200. The molecule has 2 rings (SSSR count). The van der Waals surface area contributed by atoms with Gasteiger partial charge >= 0.3 is 0 Å². The Labute approximate surface area is 131 Å². The van der Waals surface area contributed by atoms with Gasteiger partial charge in [-0.15, -0.1) is 0 Å². The summed E-state index contributed by atoms with van der Waals surface area (Å²) in [5.74, 6) is 0.223. The van der Waals surface area contributed by atoms with Gasteiger partial charge < -0.3 is 10.1 Å². The second kappa shape index (κ2) is 6.46. The van der Waals surface area contributed by atoms with Crippen LogP contribution in [-0.2, 0) is 0 Å². The van der Waals surface area contributed by atoms with Gasteiger partial charge in [-0.25, -0.2) is 4.39 Å². The first kappa shape index (κ1) is 15.1. The van der Waals surface area contributed by atoms with Gasteiger partial charge in [0.05, 0.1) is 23.7 Å². The number of hydrogen-bond donors (Lipinski definition) is 1. The van der Waals surface area contributed by atoms with Gasteiger partial charge in [-0.1, -0.05) is 17.7 Å². The summed E-state index contributed by atoms with van der Waals surface area (Å²) in [5, 5.41) is 3.82. The van der Waals surface area contributed by atoms with Crippen LogP contribution < -0.4 is 10.1 Å². The molecule has 0 bridgehead atoms. The number of nitrogens with one attached hydrogen (secondary N) is 1. The Kier molecular flexibility index (Phi) is 4.89. The highest BCUT2D eigenvalue weighted by atomic mass is 79.9. The predicted molar refractivity (Wildman–Crippen MR) is 84.1 cm³/mol. The molecule has 0 aliphatic rings. The summed E-state index contributed by atoms with van der Waals surface area (Å²) in [5.41, 5.74) is 1.31. The second-order valence-electron chi connectivity index (χ2n) is 4.35. The average Bonchev–Trinajstić information content (AvgIpc) is 2.42. The molecule has 0 spiro atoms. The molecule has 0 aromatic heterocycles. The quantitative estimate of drug-likeness (QED) is 0.787. The molecule has 0 aliphatic heterocycles. The molecule has 2 aromatic carbocycles. The highest BCUT2D eigenvalue weighted by Gasteiger charge is 2.16. The number of benzene rings is 2. The highest BCUT2D eigenvalue weighted by Crippen LogP contribution is 2.32. The maximum atomic E-state index is 14.0. The van der Waals surface area contributed by atoms with E-state index in [1.165, 1.54) is 13.2 Å². The van der Waals surface area contributed by atoms with E-state index in [0.29, 0.717) is 16.3 Å². The molecular weight excluding hydrogens is 345 g/mol. The summed E-state index contributed by atoms with van der Waals surface area (Å²) in [4.78, 5) is 0. The maximum Gasteiger partial charge on any atom is 0.132 e. The fourth-order valence-corrected chi connectivity index (χ4v) is 2.45. The van der Waals surface area contributed by atoms with Crippen molar-refractivity contribution in [2.45, 2.75) is 13.0 Å². The van der Waals surface area contributed by atoms with E-state index >= 15 is 0 Å². The lowest BCUT2D eigenvalue weighted by Crippen LogP contribution is -2.10. The number of methoxy groups -OCH3 is 1. The van der Waals surface area contributed by atoms with Crippen LogP contribution in [-0.4, -0.2) is 7.11 Å². The SMILES string of the molecule is COc1cccc(F)c1C(C)Nc1ccc(Br)c(Cl)c1. The summed E-state index contributed by atoms with van der Waals surface area (Å²) in [6, 6.07) is 10.0. The van der Waals surface area contributed by atoms with Gasteiger partial charge in [0.15, 0.2) is 0 Å². The minimum Gasteiger partial charge on any atom is -0.496 e. The van der Waals surface area contributed by atoms with E-state index in [4.69, 9.17) is 16.3 Å². The number of rotatable bonds is 4. The molecule has 1 unspecified atom stereocenters. The third kappa shape index (κ3) is 3.25. The molecule has 0 heterocycles. The van der Waals surface area contributed by atoms with Crippen molar-refractivity contribution in [3.8, 4) is 5.75 Å². The zero-order valence-corrected chi connectivity index (χ0v) is 13.4. The molecule has 0 aliphatic carbocycles. The van der Waals surface area contributed by atoms with Crippen LogP contribution in [0.2, 0.25) is 5.02 Å². The third-order valence-corrected chi connectivity index (χ3v) is 4.20. The molecule has 0 saturated heterocycles. The lowest BCUT2D eigenvalue weighted by molar-refractivity contribution is 0.402. The Hall–Kier alpha value is -1.26. The Morgan fingerprint density at radius 2 is 2.05 bits per heavy atom. The summed E-state index contributed by atoms with van der Waals surface area (Å²) in [7, 11) is 1.53. The summed E-state index contributed by atoms with van der Waals surface area (Å²) in [6.45, 7) is 1.87. The van der Waals surface area contributed by atoms with Crippen molar-refractivity contribution in [1.82, 2.24) is 0 Å². The Bertz CT molecular complexity index is 621. The molecule has 0 radical (unpaired) electrons. The molecule has 106 valence electrons. The van der Waals surface area contributed by atoms with Crippen molar-refractivity contribution in [2.24, 2.45) is 0 Å². The van der Waals surface area contributed by atoms with Crippen LogP contribution in [0.5, 0.6) is 5.75 Å². The van der Waals surface area contributed by atoms with Crippen LogP contribution >= 0.6 is 27.5 Å². The van der Waals surface area contributed by atoms with Gasteiger partial charge in [0, 0.05) is 10.2 Å². The van der Waals surface area contributed by atoms with Gasteiger partial charge in [0.1, 0.15) is 11.6 Å². The van der Waals surface area contributed by atoms with Crippen LogP contribution in [0.4, 0.5) is 10.1 Å². The lowest BCUT2D eigenvalue weighted by atomic mass is 10.1. The first-order valence-electron chi connectivity index (χ1n) is 6.07. The number of hydrogen-bond acceptors (Lipinski definition) is 2. The molecule has 0 fully saturated rings. The van der Waals surface area contributed by atoms with E-state index < -0.39 is 0 Å². The van der Waals surface area contributed by atoms with Crippen molar-refractivity contribution in [1.29, 1.82) is 0 Å². The lowest BCUT2D eigenvalue weighted by Gasteiger charge is -2.19. The molecule has 0 amide bonds. The van der Waals surface area contributed by atoms with Gasteiger partial charge in [-0.2, -0.15) is 0 Å². The van der Waals surface area contributed by atoms with Crippen molar-refractivity contribution < 1.29 is 9.13 Å². The standard InChI is InChI=1S/C15H14BrClFNO/c1-9(15-13(18)4-3-5-14(15)20-2)19-10-6-7-11(16)12(17)8-10/h3-9,19H,1-2H3. The van der Waals surface area contributed by atoms with Crippen LogP contribution in [0.25, 0.3) is 0 Å². The molecule has 0 saturated carbocycles. The van der Waals surface area contributed by atoms with Crippen molar-refractivity contribution in [3.05, 3.63) is 57.3 Å². The molecule has 2 nitrogen and oxygen atoms in total. The number of halogens is 3. The van der Waals surface area contributed by atoms with Crippen molar-refractivity contribution in [2.75, 3.05) is 12.4 Å². The van der Waals surface area contributed by atoms with E-state index in [1.54, 1.807) is 18.2 Å². The van der Waals surface area contributed by atoms with Crippen LogP contribution in [0.15, 0.2) is 40.9 Å². The van der Waals surface area contributed by atoms with Crippen molar-refractivity contribution in [3.63, 3.8) is 0 Å². The van der Waals surface area contributed by atoms with Crippen LogP contribution in [0.1, 0.15) is 18.5 Å². The minimum absolute atomic E-state index is 0.247. The average molecular weight is 359 g/mol. The smallest absolute Gasteiger partial charge is 0.132 e. The van der Waals surface area contributed by atoms with Gasteiger partial charge in [0.2, 0.25) is 0 Å². The van der Waals surface area contributed by atoms with Crippen LogP contribution in [0, 0.1) is 5.82 Å². The van der Waals surface area contributed by atoms with Gasteiger partial charge in [-0.3, -0.25) is 0 Å². The van der Waals surface area contributed by atoms with Gasteiger partial charge in [0.25, 0.3) is 0 Å². The van der Waals surface area contributed by atoms with E-state index in [2.05, 4.69) is 21.2 Å². The Morgan fingerprint density at radius 3 is 2.70 bits per heavy atom. The van der Waals surface area contributed by atoms with E-state index in [1.807, 2.05) is 19.1 Å². The van der Waals surface area contributed by atoms with E-state index in [-0.39, 0.29) is 11.9 Å². The summed E-state index contributed by atoms with van der Waals surface area (Å²) < 4.78 is 20.0. The Morgan fingerprint density at radius 1 is 1.30 bits per heavy atom. The van der Waals surface area contributed by atoms with E-state index in [0.717, 1.165) is 10.2 Å². The predicted octanol–water partition coefficient (Wildman–Crippen LogP) is 5.42. The first-order valence-corrected chi connectivity index (χ1v) is 7.24. The largest absolute Gasteiger partial charge is 0.496 e. The minimum atomic E-state index is -0.299. The monoisotopic (exact) mass is 357 g/mol. The van der Waals surface area contributed by atoms with Crippen molar-refractivity contribution >= 4 is 33.2 Å². The molecule has 20 heavy (non-hydrogen) atoms. The fourth-order valence-electron chi connectivity index (χ4n) is 2.02. The highest BCUT2D eigenvalue weighted by molar-refractivity contribution is 9.10. The van der Waals surface area contributed by atoms with E-state index in [9.17, 15) is 4.39 Å². The number of anilines is 1. The zero-order valence-electron chi connectivity index (χ0n) is 11.1. The topological polar surface area (TPSA) is 21.3 Å². The molecule has 5 heteroatoms. The molecule has 1 atom stereocenters. The molecule has 1 N–H and O–H groups in total. The summed E-state index contributed by atoms with van der Waals surface area (Å²) in [6.07, 6.45) is 0. The van der Waals surface area contributed by atoms with Gasteiger partial charge in [-0.05, 0) is 53.2 Å².